The average molecular weight is 630 g/mol. The third kappa shape index (κ3) is 5.39. The maximum Gasteiger partial charge on any atom is 0.236 e. The topological polar surface area (TPSA) is 99.8 Å². The van der Waals surface area contributed by atoms with Gasteiger partial charge in [-0.25, -0.2) is 18.7 Å². The van der Waals surface area contributed by atoms with E-state index < -0.39 is 11.9 Å². The number of nitrogens with zero attached hydrogens (tertiary/aromatic N) is 7. The predicted octanol–water partition coefficient (Wildman–Crippen LogP) is 4.65. The molecule has 1 unspecified atom stereocenters. The number of likely N-dealkylation sites (tertiary alicyclic amines) is 1. The van der Waals surface area contributed by atoms with Gasteiger partial charge in [0.1, 0.15) is 28.0 Å². The first kappa shape index (κ1) is 29.5. The van der Waals surface area contributed by atoms with Crippen LogP contribution in [-0.2, 0) is 11.2 Å². The van der Waals surface area contributed by atoms with E-state index in [0.29, 0.717) is 78.0 Å². The summed E-state index contributed by atoms with van der Waals surface area (Å²) in [5.41, 5.74) is 4.99. The van der Waals surface area contributed by atoms with Crippen LogP contribution in [0.3, 0.4) is 0 Å². The van der Waals surface area contributed by atoms with Gasteiger partial charge in [0.2, 0.25) is 5.91 Å². The van der Waals surface area contributed by atoms with Crippen molar-refractivity contribution in [1.82, 2.24) is 19.8 Å². The smallest absolute Gasteiger partial charge is 0.236 e. The van der Waals surface area contributed by atoms with Crippen LogP contribution in [0.2, 0.25) is 0 Å². The van der Waals surface area contributed by atoms with E-state index >= 15 is 4.39 Å². The van der Waals surface area contributed by atoms with E-state index in [9.17, 15) is 19.6 Å². The molecule has 2 fully saturated rings. The van der Waals surface area contributed by atoms with Crippen molar-refractivity contribution in [2.45, 2.75) is 31.8 Å². The summed E-state index contributed by atoms with van der Waals surface area (Å²) in [5.74, 6) is -0.543. The number of β-amino-alcohol motifs (C(OH)–C–C–N with tert-alkyl or cyclic N) is 1. The molecule has 9 nitrogen and oxygen atoms in total. The summed E-state index contributed by atoms with van der Waals surface area (Å²) in [6.45, 7) is 5.82. The number of thiazole rings is 1. The number of rotatable bonds is 6. The molecule has 1 N–H and O–H groups in total. The molecule has 232 valence electrons. The van der Waals surface area contributed by atoms with E-state index in [2.05, 4.69) is 22.8 Å². The van der Waals surface area contributed by atoms with E-state index in [-0.39, 0.29) is 17.6 Å². The highest BCUT2D eigenvalue weighted by atomic mass is 32.1. The second kappa shape index (κ2) is 11.6. The van der Waals surface area contributed by atoms with E-state index in [1.54, 1.807) is 23.1 Å². The molecule has 7 rings (SSSR count). The monoisotopic (exact) mass is 629 g/mol. The van der Waals surface area contributed by atoms with Crippen molar-refractivity contribution >= 4 is 44.7 Å². The minimum Gasteiger partial charge on any atom is -0.389 e. The highest BCUT2D eigenvalue weighted by Gasteiger charge is 2.32. The number of hydrogen-bond acceptors (Lipinski definition) is 9. The Hall–Kier alpha value is -4.18. The number of aromatic nitrogens is 2. The van der Waals surface area contributed by atoms with Crippen LogP contribution in [0.5, 0.6) is 0 Å². The Morgan fingerprint density at radius 2 is 1.87 bits per heavy atom. The fourth-order valence-electron chi connectivity index (χ4n) is 6.61. The molecule has 1 atom stereocenters. The maximum absolute atomic E-state index is 16.0. The molecule has 2 aliphatic heterocycles. The number of carbonyl (C=O) groups excluding carboxylic acids is 1. The lowest BCUT2D eigenvalue weighted by Gasteiger charge is -2.40. The summed E-state index contributed by atoms with van der Waals surface area (Å²) in [6.07, 6.45) is 1.29. The molecule has 12 heteroatoms. The molecule has 0 saturated carbocycles. The van der Waals surface area contributed by atoms with Crippen molar-refractivity contribution in [2.24, 2.45) is 0 Å². The SMILES string of the molecule is CC1CCc2c1nc1c(F)cc(N3CCN(CC(=O)N4CC(O)C4)CC3)cc1c2N(C)c1nc(-c2ccc(F)cc2)c(C#N)s1. The third-order valence-electron chi connectivity index (χ3n) is 9.19. The fraction of sp³-hybridized carbons (Fsp3) is 0.394. The van der Waals surface area contributed by atoms with Crippen molar-refractivity contribution in [3.63, 3.8) is 0 Å². The van der Waals surface area contributed by atoms with Crippen molar-refractivity contribution in [3.8, 4) is 17.3 Å². The lowest BCUT2D eigenvalue weighted by atomic mass is 10.0. The molecule has 0 spiro atoms. The molecule has 0 radical (unpaired) electrons. The predicted molar refractivity (Wildman–Crippen MR) is 170 cm³/mol. The van der Waals surface area contributed by atoms with E-state index in [0.717, 1.165) is 35.5 Å². The molecular weight excluding hydrogens is 596 g/mol. The number of carbonyl (C=O) groups is 1. The standard InChI is InChI=1S/C33H33F2N7O2S/c1-19-3-8-24-29(19)37-31-25(32(24)39(2)33-38-30(27(15-36)45-33)20-4-6-21(34)7-5-20)13-22(14-26(31)35)41-11-9-40(10-12-41)18-28(44)42-16-23(43)17-42/h4-7,13-14,19,23,43H,3,8-12,16-18H2,1-2H3. The molecule has 3 aliphatic rings. The normalized spacial score (nSPS) is 18.6. The maximum atomic E-state index is 16.0. The van der Waals surface area contributed by atoms with Gasteiger partial charge in [0, 0.05) is 68.6 Å². The second-order valence-electron chi connectivity index (χ2n) is 12.2. The van der Waals surface area contributed by atoms with Gasteiger partial charge in [0.15, 0.2) is 10.9 Å². The van der Waals surface area contributed by atoms with Gasteiger partial charge >= 0.3 is 0 Å². The van der Waals surface area contributed by atoms with E-state index in [1.807, 2.05) is 18.0 Å². The van der Waals surface area contributed by atoms with Crippen molar-refractivity contribution in [3.05, 3.63) is 64.2 Å². The third-order valence-corrected chi connectivity index (χ3v) is 10.2. The van der Waals surface area contributed by atoms with Gasteiger partial charge < -0.3 is 19.8 Å². The molecule has 0 bridgehead atoms. The Labute approximate surface area is 263 Å². The Bertz CT molecular complexity index is 1830. The summed E-state index contributed by atoms with van der Waals surface area (Å²) in [7, 11) is 1.89. The zero-order chi connectivity index (χ0) is 31.4. The van der Waals surface area contributed by atoms with E-state index in [1.165, 1.54) is 23.5 Å². The first-order valence-corrected chi connectivity index (χ1v) is 16.0. The van der Waals surface area contributed by atoms with Gasteiger partial charge in [0.05, 0.1) is 18.3 Å². The summed E-state index contributed by atoms with van der Waals surface area (Å²) in [4.78, 5) is 30.5. The number of fused-ring (bicyclic) bond motifs is 2. The number of hydrogen-bond donors (Lipinski definition) is 1. The van der Waals surface area contributed by atoms with Crippen molar-refractivity contribution in [2.75, 3.05) is 62.7 Å². The number of halogens is 2. The minimum absolute atomic E-state index is 0.0247. The van der Waals surface area contributed by atoms with Crippen LogP contribution in [0.15, 0.2) is 36.4 Å². The number of aliphatic hydroxyl groups is 1. The molecular formula is C33H33F2N7O2S. The summed E-state index contributed by atoms with van der Waals surface area (Å²) >= 11 is 1.25. The number of anilines is 3. The summed E-state index contributed by atoms with van der Waals surface area (Å²) in [5, 5.41) is 20.7. The lowest BCUT2D eigenvalue weighted by molar-refractivity contribution is -0.142. The van der Waals surface area contributed by atoms with Gasteiger partial charge in [0.25, 0.3) is 0 Å². The van der Waals surface area contributed by atoms with Crippen LogP contribution in [0.25, 0.3) is 22.2 Å². The number of pyridine rings is 1. The quantitative estimate of drug-likeness (QED) is 0.329. The first-order valence-electron chi connectivity index (χ1n) is 15.2. The summed E-state index contributed by atoms with van der Waals surface area (Å²) in [6, 6.07) is 11.7. The zero-order valence-corrected chi connectivity index (χ0v) is 25.9. The minimum atomic E-state index is -0.419. The van der Waals surface area contributed by atoms with Crippen LogP contribution in [-0.4, -0.2) is 89.7 Å². The Balaban J connectivity index is 1.22. The van der Waals surface area contributed by atoms with Gasteiger partial charge in [-0.2, -0.15) is 5.26 Å². The Morgan fingerprint density at radius 3 is 2.56 bits per heavy atom. The van der Waals surface area contributed by atoms with Gasteiger partial charge in [-0.15, -0.1) is 0 Å². The zero-order valence-electron chi connectivity index (χ0n) is 25.1. The number of piperazine rings is 1. The van der Waals surface area contributed by atoms with Crippen LogP contribution in [0.4, 0.5) is 25.3 Å². The van der Waals surface area contributed by atoms with Crippen LogP contribution in [0.1, 0.15) is 35.4 Å². The van der Waals surface area contributed by atoms with Gasteiger partial charge in [-0.05, 0) is 60.7 Å². The highest BCUT2D eigenvalue weighted by molar-refractivity contribution is 7.16. The Morgan fingerprint density at radius 1 is 1.13 bits per heavy atom. The molecule has 4 aromatic rings. The fourth-order valence-corrected chi connectivity index (χ4v) is 7.46. The van der Waals surface area contributed by atoms with Crippen LogP contribution >= 0.6 is 11.3 Å². The molecule has 2 aromatic heterocycles. The largest absolute Gasteiger partial charge is 0.389 e. The van der Waals surface area contributed by atoms with Crippen molar-refractivity contribution < 1.29 is 18.7 Å². The second-order valence-corrected chi connectivity index (χ2v) is 13.1. The molecule has 4 heterocycles. The molecule has 45 heavy (non-hydrogen) atoms. The van der Waals surface area contributed by atoms with Gasteiger partial charge in [-0.1, -0.05) is 18.3 Å². The Kier molecular flexibility index (Phi) is 7.63. The van der Waals surface area contributed by atoms with Gasteiger partial charge in [-0.3, -0.25) is 9.69 Å². The molecule has 2 aromatic carbocycles. The summed E-state index contributed by atoms with van der Waals surface area (Å²) < 4.78 is 29.6. The number of benzene rings is 2. The molecule has 1 amide bonds. The molecule has 2 saturated heterocycles. The lowest BCUT2D eigenvalue weighted by Crippen LogP contribution is -2.57. The number of aliphatic hydroxyl groups excluding tert-OH is 1. The van der Waals surface area contributed by atoms with E-state index in [4.69, 9.17) is 9.97 Å². The number of nitriles is 1. The van der Waals surface area contributed by atoms with Crippen LogP contribution < -0.4 is 9.80 Å². The first-order chi connectivity index (χ1) is 21.7. The van der Waals surface area contributed by atoms with Crippen molar-refractivity contribution in [1.29, 1.82) is 5.26 Å². The average Bonchev–Trinajstić information content (AvgIpc) is 3.62. The van der Waals surface area contributed by atoms with Crippen LogP contribution in [0, 0.1) is 23.0 Å². The number of amides is 1. The molecule has 1 aliphatic carbocycles. The highest BCUT2D eigenvalue weighted by Crippen LogP contribution is 2.46.